The number of aryl methyl sites for hydroxylation is 1. The lowest BCUT2D eigenvalue weighted by Crippen LogP contribution is -2.25. The fourth-order valence-corrected chi connectivity index (χ4v) is 2.32. The minimum Gasteiger partial charge on any atom is -0.347 e. The van der Waals surface area contributed by atoms with E-state index in [9.17, 15) is 9.18 Å². The molecule has 0 aliphatic rings. The Kier molecular flexibility index (Phi) is 3.82. The van der Waals surface area contributed by atoms with Gasteiger partial charge in [-0.3, -0.25) is 14.2 Å². The lowest BCUT2D eigenvalue weighted by Gasteiger charge is -2.06. The van der Waals surface area contributed by atoms with Gasteiger partial charge in [0.1, 0.15) is 17.2 Å². The van der Waals surface area contributed by atoms with Crippen LogP contribution in [0.2, 0.25) is 0 Å². The molecule has 0 spiro atoms. The minimum absolute atomic E-state index is 0.272. The van der Waals surface area contributed by atoms with Crippen LogP contribution in [0.4, 0.5) is 4.39 Å². The number of halogens is 1. The Morgan fingerprint density at radius 3 is 2.77 bits per heavy atom. The number of nitrogens with zero attached hydrogens (tertiary/aromatic N) is 3. The highest BCUT2D eigenvalue weighted by atomic mass is 19.1. The van der Waals surface area contributed by atoms with Crippen molar-refractivity contribution in [3.63, 3.8) is 0 Å². The molecule has 3 heterocycles. The molecule has 3 rings (SSSR count). The summed E-state index contributed by atoms with van der Waals surface area (Å²) in [6.07, 6.45) is 5.22. The highest BCUT2D eigenvalue weighted by Crippen LogP contribution is 2.15. The Bertz CT molecular complexity index is 814. The van der Waals surface area contributed by atoms with Crippen molar-refractivity contribution in [1.82, 2.24) is 19.7 Å². The molecule has 22 heavy (non-hydrogen) atoms. The van der Waals surface area contributed by atoms with Gasteiger partial charge in [0.15, 0.2) is 0 Å². The molecular formula is C16H15FN4O. The molecule has 5 nitrogen and oxygen atoms in total. The third-order valence-corrected chi connectivity index (χ3v) is 3.41. The summed E-state index contributed by atoms with van der Waals surface area (Å²) in [6.45, 7) is 2.30. The number of carbonyl (C=O) groups is 1. The molecule has 112 valence electrons. The Morgan fingerprint density at radius 1 is 1.27 bits per heavy atom. The van der Waals surface area contributed by atoms with Gasteiger partial charge < -0.3 is 5.32 Å². The molecule has 0 saturated carbocycles. The van der Waals surface area contributed by atoms with Crippen LogP contribution in [-0.2, 0) is 13.0 Å². The fourth-order valence-electron chi connectivity index (χ4n) is 2.32. The first-order valence-corrected chi connectivity index (χ1v) is 7.02. The number of rotatable bonds is 4. The van der Waals surface area contributed by atoms with Crippen molar-refractivity contribution in [2.45, 2.75) is 19.9 Å². The van der Waals surface area contributed by atoms with E-state index in [1.54, 1.807) is 18.5 Å². The molecule has 0 fully saturated rings. The topological polar surface area (TPSA) is 59.3 Å². The quantitative estimate of drug-likeness (QED) is 0.804. The van der Waals surface area contributed by atoms with Crippen molar-refractivity contribution in [1.29, 1.82) is 0 Å². The van der Waals surface area contributed by atoms with Gasteiger partial charge in [0.05, 0.1) is 5.69 Å². The van der Waals surface area contributed by atoms with Crippen LogP contribution in [0.3, 0.4) is 0 Å². The SMILES string of the molecule is CCc1nc2ccc(F)cn2c1C(=O)NCc1ccncc1. The van der Waals surface area contributed by atoms with E-state index >= 15 is 0 Å². The first kappa shape index (κ1) is 14.2. The van der Waals surface area contributed by atoms with E-state index in [4.69, 9.17) is 0 Å². The molecule has 3 aromatic rings. The van der Waals surface area contributed by atoms with E-state index in [2.05, 4.69) is 15.3 Å². The molecule has 0 bridgehead atoms. The van der Waals surface area contributed by atoms with Gasteiger partial charge in [-0.15, -0.1) is 0 Å². The third kappa shape index (κ3) is 2.67. The average molecular weight is 298 g/mol. The van der Waals surface area contributed by atoms with Gasteiger partial charge >= 0.3 is 0 Å². The lowest BCUT2D eigenvalue weighted by atomic mass is 10.2. The number of hydrogen-bond donors (Lipinski definition) is 1. The van der Waals surface area contributed by atoms with Crippen molar-refractivity contribution in [3.8, 4) is 0 Å². The Balaban J connectivity index is 1.91. The molecule has 0 aromatic carbocycles. The monoisotopic (exact) mass is 298 g/mol. The number of fused-ring (bicyclic) bond motifs is 1. The molecule has 1 amide bonds. The first-order chi connectivity index (χ1) is 10.7. The van der Waals surface area contributed by atoms with Crippen LogP contribution in [0.1, 0.15) is 28.7 Å². The van der Waals surface area contributed by atoms with Gasteiger partial charge in [0, 0.05) is 25.1 Å². The number of aromatic nitrogens is 3. The zero-order valence-electron chi connectivity index (χ0n) is 12.1. The summed E-state index contributed by atoms with van der Waals surface area (Å²) >= 11 is 0. The van der Waals surface area contributed by atoms with Gasteiger partial charge in [-0.1, -0.05) is 6.92 Å². The number of carbonyl (C=O) groups excluding carboxylic acids is 1. The minimum atomic E-state index is -0.407. The van der Waals surface area contributed by atoms with E-state index < -0.39 is 5.82 Å². The Hall–Kier alpha value is -2.76. The predicted octanol–water partition coefficient (Wildman–Crippen LogP) is 2.36. The van der Waals surface area contributed by atoms with Crippen LogP contribution < -0.4 is 5.32 Å². The fraction of sp³-hybridized carbons (Fsp3) is 0.188. The molecule has 0 aliphatic carbocycles. The van der Waals surface area contributed by atoms with Crippen LogP contribution >= 0.6 is 0 Å². The number of hydrogen-bond acceptors (Lipinski definition) is 3. The van der Waals surface area contributed by atoms with E-state index in [1.165, 1.54) is 16.7 Å². The van der Waals surface area contributed by atoms with Gasteiger partial charge in [0.25, 0.3) is 5.91 Å². The van der Waals surface area contributed by atoms with E-state index in [0.717, 1.165) is 5.56 Å². The molecule has 0 aliphatic heterocycles. The summed E-state index contributed by atoms with van der Waals surface area (Å²) in [6, 6.07) is 6.55. The summed E-state index contributed by atoms with van der Waals surface area (Å²) in [5.41, 5.74) is 2.54. The molecule has 0 radical (unpaired) electrons. The maximum atomic E-state index is 13.5. The van der Waals surface area contributed by atoms with Crippen LogP contribution in [0.15, 0.2) is 42.9 Å². The smallest absolute Gasteiger partial charge is 0.270 e. The van der Waals surface area contributed by atoms with Gasteiger partial charge in [0.2, 0.25) is 0 Å². The number of amides is 1. The maximum Gasteiger partial charge on any atom is 0.270 e. The summed E-state index contributed by atoms with van der Waals surface area (Å²) in [7, 11) is 0. The zero-order valence-corrected chi connectivity index (χ0v) is 12.1. The van der Waals surface area contributed by atoms with E-state index in [-0.39, 0.29) is 5.91 Å². The standard InChI is InChI=1S/C16H15FN4O/c1-2-13-15(21-10-12(17)3-4-14(21)20-13)16(22)19-9-11-5-7-18-8-6-11/h3-8,10H,2,9H2,1H3,(H,19,22). The Morgan fingerprint density at radius 2 is 2.05 bits per heavy atom. The summed E-state index contributed by atoms with van der Waals surface area (Å²) in [5, 5.41) is 2.84. The van der Waals surface area contributed by atoms with Crippen LogP contribution in [0, 0.1) is 5.82 Å². The largest absolute Gasteiger partial charge is 0.347 e. The van der Waals surface area contributed by atoms with Gasteiger partial charge in [-0.2, -0.15) is 0 Å². The maximum absolute atomic E-state index is 13.5. The van der Waals surface area contributed by atoms with Crippen molar-refractivity contribution in [3.05, 3.63) is 65.6 Å². The number of nitrogens with one attached hydrogen (secondary N) is 1. The molecular weight excluding hydrogens is 283 g/mol. The zero-order chi connectivity index (χ0) is 15.5. The van der Waals surface area contributed by atoms with Crippen LogP contribution in [0.25, 0.3) is 5.65 Å². The molecule has 6 heteroatoms. The first-order valence-electron chi connectivity index (χ1n) is 7.02. The average Bonchev–Trinajstić information content (AvgIpc) is 2.91. The second-order valence-corrected chi connectivity index (χ2v) is 4.87. The summed E-state index contributed by atoms with van der Waals surface area (Å²) in [4.78, 5) is 20.8. The van der Waals surface area contributed by atoms with Gasteiger partial charge in [-0.05, 0) is 36.2 Å². The summed E-state index contributed by atoms with van der Waals surface area (Å²) in [5.74, 6) is -0.678. The predicted molar refractivity (Wildman–Crippen MR) is 79.9 cm³/mol. The normalized spacial score (nSPS) is 10.8. The highest BCUT2D eigenvalue weighted by molar-refractivity contribution is 5.94. The molecule has 0 unspecified atom stereocenters. The lowest BCUT2D eigenvalue weighted by molar-refractivity contribution is 0.0944. The second-order valence-electron chi connectivity index (χ2n) is 4.87. The molecule has 0 atom stereocenters. The van der Waals surface area contributed by atoms with Gasteiger partial charge in [-0.25, -0.2) is 9.37 Å². The van der Waals surface area contributed by atoms with E-state index in [0.29, 0.717) is 30.0 Å². The molecule has 0 saturated heterocycles. The van der Waals surface area contributed by atoms with Crippen molar-refractivity contribution in [2.75, 3.05) is 0 Å². The van der Waals surface area contributed by atoms with Crippen LogP contribution in [0.5, 0.6) is 0 Å². The van der Waals surface area contributed by atoms with Crippen molar-refractivity contribution >= 4 is 11.6 Å². The van der Waals surface area contributed by atoms with Crippen molar-refractivity contribution < 1.29 is 9.18 Å². The second kappa shape index (κ2) is 5.93. The van der Waals surface area contributed by atoms with Crippen molar-refractivity contribution in [2.24, 2.45) is 0 Å². The molecule has 1 N–H and O–H groups in total. The highest BCUT2D eigenvalue weighted by Gasteiger charge is 2.18. The number of pyridine rings is 2. The third-order valence-electron chi connectivity index (χ3n) is 3.41. The summed E-state index contributed by atoms with van der Waals surface area (Å²) < 4.78 is 15.0. The van der Waals surface area contributed by atoms with E-state index in [1.807, 2.05) is 19.1 Å². The molecule has 3 aromatic heterocycles. The number of imidazole rings is 1. The van der Waals surface area contributed by atoms with Crippen LogP contribution in [-0.4, -0.2) is 20.3 Å². The Labute approximate surface area is 126 Å².